The highest BCUT2D eigenvalue weighted by Crippen LogP contribution is 2.27. The molecule has 3 rings (SSSR count). The maximum Gasteiger partial charge on any atom is 0.326 e. The number of aromatic hydroxyl groups is 1. The van der Waals surface area contributed by atoms with Gasteiger partial charge in [0.2, 0.25) is 0 Å². The Kier molecular flexibility index (Phi) is 3.29. The number of fused-ring (bicyclic) bond motifs is 1. The molecule has 0 radical (unpaired) electrons. The van der Waals surface area contributed by atoms with Crippen LogP contribution in [0.2, 0.25) is 0 Å². The third kappa shape index (κ3) is 2.45. The SMILES string of the molecule is O=C(Nc1cccc(O)c1)N1CCCc2ccccc21. The van der Waals surface area contributed by atoms with Crippen molar-refractivity contribution in [3.05, 3.63) is 54.1 Å². The van der Waals surface area contributed by atoms with E-state index in [1.54, 1.807) is 23.1 Å². The zero-order valence-electron chi connectivity index (χ0n) is 11.0. The minimum atomic E-state index is -0.164. The molecule has 0 aliphatic carbocycles. The molecule has 0 unspecified atom stereocenters. The molecule has 4 heteroatoms. The van der Waals surface area contributed by atoms with Crippen LogP contribution in [0.3, 0.4) is 0 Å². The molecule has 2 amide bonds. The number of hydrogen-bond acceptors (Lipinski definition) is 2. The number of urea groups is 1. The van der Waals surface area contributed by atoms with Crippen LogP contribution in [0.5, 0.6) is 5.75 Å². The summed E-state index contributed by atoms with van der Waals surface area (Å²) in [6.07, 6.45) is 1.97. The first-order chi connectivity index (χ1) is 9.74. The van der Waals surface area contributed by atoms with E-state index < -0.39 is 0 Å². The number of phenolic OH excluding ortho intramolecular Hbond substituents is 1. The number of hydrogen-bond donors (Lipinski definition) is 2. The molecular formula is C16H16N2O2. The molecule has 0 saturated heterocycles. The summed E-state index contributed by atoms with van der Waals surface area (Å²) in [5.41, 5.74) is 2.76. The third-order valence-corrected chi connectivity index (χ3v) is 3.45. The quantitative estimate of drug-likeness (QED) is 0.833. The van der Waals surface area contributed by atoms with Crippen LogP contribution in [-0.4, -0.2) is 17.7 Å². The van der Waals surface area contributed by atoms with Crippen LogP contribution in [0.25, 0.3) is 0 Å². The van der Waals surface area contributed by atoms with E-state index in [2.05, 4.69) is 11.4 Å². The van der Waals surface area contributed by atoms with Gasteiger partial charge in [0.25, 0.3) is 0 Å². The zero-order chi connectivity index (χ0) is 13.9. The molecule has 0 aromatic heterocycles. The van der Waals surface area contributed by atoms with E-state index in [-0.39, 0.29) is 11.8 Å². The largest absolute Gasteiger partial charge is 0.508 e. The molecule has 1 heterocycles. The first-order valence-electron chi connectivity index (χ1n) is 6.69. The van der Waals surface area contributed by atoms with Gasteiger partial charge < -0.3 is 10.4 Å². The molecule has 0 spiro atoms. The van der Waals surface area contributed by atoms with Gasteiger partial charge in [0.15, 0.2) is 0 Å². The van der Waals surface area contributed by atoms with E-state index in [4.69, 9.17) is 0 Å². The van der Waals surface area contributed by atoms with Gasteiger partial charge in [-0.25, -0.2) is 4.79 Å². The van der Waals surface area contributed by atoms with Gasteiger partial charge in [0, 0.05) is 24.0 Å². The molecule has 102 valence electrons. The summed E-state index contributed by atoms with van der Waals surface area (Å²) in [6.45, 7) is 0.710. The number of para-hydroxylation sites is 1. The van der Waals surface area contributed by atoms with E-state index in [1.807, 2.05) is 18.2 Å². The Bertz CT molecular complexity index is 640. The molecule has 1 aliphatic rings. The van der Waals surface area contributed by atoms with Crippen molar-refractivity contribution in [1.82, 2.24) is 0 Å². The standard InChI is InChI=1S/C16H16N2O2/c19-14-8-3-7-13(11-14)17-16(20)18-10-4-6-12-5-1-2-9-15(12)18/h1-3,5,7-9,11,19H,4,6,10H2,(H,17,20). The van der Waals surface area contributed by atoms with E-state index in [1.165, 1.54) is 11.6 Å². The number of carbonyl (C=O) groups excluding carboxylic acids is 1. The van der Waals surface area contributed by atoms with E-state index in [0.717, 1.165) is 18.5 Å². The Morgan fingerprint density at radius 1 is 1.15 bits per heavy atom. The van der Waals surface area contributed by atoms with Crippen molar-refractivity contribution >= 4 is 17.4 Å². The molecule has 0 fully saturated rings. The normalized spacial score (nSPS) is 13.7. The van der Waals surface area contributed by atoms with Crippen LogP contribution in [0.15, 0.2) is 48.5 Å². The van der Waals surface area contributed by atoms with Crippen molar-refractivity contribution in [3.63, 3.8) is 0 Å². The number of carbonyl (C=O) groups is 1. The molecule has 4 nitrogen and oxygen atoms in total. The first kappa shape index (κ1) is 12.5. The fourth-order valence-electron chi connectivity index (χ4n) is 2.52. The highest BCUT2D eigenvalue weighted by Gasteiger charge is 2.22. The van der Waals surface area contributed by atoms with Crippen LogP contribution in [0.4, 0.5) is 16.2 Å². The van der Waals surface area contributed by atoms with Crippen LogP contribution < -0.4 is 10.2 Å². The first-order valence-corrected chi connectivity index (χ1v) is 6.69. The highest BCUT2D eigenvalue weighted by atomic mass is 16.3. The van der Waals surface area contributed by atoms with E-state index >= 15 is 0 Å². The van der Waals surface area contributed by atoms with Gasteiger partial charge in [-0.05, 0) is 36.6 Å². The average Bonchev–Trinajstić information content (AvgIpc) is 2.46. The van der Waals surface area contributed by atoms with Gasteiger partial charge in [0.05, 0.1) is 0 Å². The molecule has 2 N–H and O–H groups in total. The summed E-state index contributed by atoms with van der Waals surface area (Å²) in [7, 11) is 0. The number of anilines is 2. The number of aryl methyl sites for hydroxylation is 1. The Morgan fingerprint density at radius 2 is 2.00 bits per heavy atom. The van der Waals surface area contributed by atoms with Crippen LogP contribution in [-0.2, 0) is 6.42 Å². The second-order valence-corrected chi connectivity index (χ2v) is 4.86. The lowest BCUT2D eigenvalue weighted by atomic mass is 10.0. The highest BCUT2D eigenvalue weighted by molar-refractivity contribution is 6.02. The smallest absolute Gasteiger partial charge is 0.326 e. The van der Waals surface area contributed by atoms with Gasteiger partial charge in [-0.1, -0.05) is 24.3 Å². The summed E-state index contributed by atoms with van der Waals surface area (Å²) in [6, 6.07) is 14.4. The Morgan fingerprint density at radius 3 is 2.85 bits per heavy atom. The predicted molar refractivity (Wildman–Crippen MR) is 79.2 cm³/mol. The topological polar surface area (TPSA) is 52.6 Å². The average molecular weight is 268 g/mol. The van der Waals surface area contributed by atoms with Crippen LogP contribution in [0.1, 0.15) is 12.0 Å². The van der Waals surface area contributed by atoms with Gasteiger partial charge in [0.1, 0.15) is 5.75 Å². The Hall–Kier alpha value is -2.49. The minimum absolute atomic E-state index is 0.141. The lowest BCUT2D eigenvalue weighted by Gasteiger charge is -2.29. The molecule has 2 aromatic rings. The van der Waals surface area contributed by atoms with E-state index in [9.17, 15) is 9.90 Å². The molecule has 0 bridgehead atoms. The lowest BCUT2D eigenvalue weighted by molar-refractivity contribution is 0.256. The molecule has 20 heavy (non-hydrogen) atoms. The Balaban J connectivity index is 1.82. The monoisotopic (exact) mass is 268 g/mol. The van der Waals surface area contributed by atoms with Crippen molar-refractivity contribution in [2.24, 2.45) is 0 Å². The summed E-state index contributed by atoms with van der Waals surface area (Å²) >= 11 is 0. The number of amides is 2. The maximum absolute atomic E-state index is 12.4. The summed E-state index contributed by atoms with van der Waals surface area (Å²) in [4.78, 5) is 14.1. The van der Waals surface area contributed by atoms with Crippen molar-refractivity contribution in [3.8, 4) is 5.75 Å². The fourth-order valence-corrected chi connectivity index (χ4v) is 2.52. The van der Waals surface area contributed by atoms with Gasteiger partial charge in [-0.3, -0.25) is 4.90 Å². The molecule has 0 saturated carbocycles. The summed E-state index contributed by atoms with van der Waals surface area (Å²) < 4.78 is 0. The second-order valence-electron chi connectivity index (χ2n) is 4.86. The second kappa shape index (κ2) is 5.25. The van der Waals surface area contributed by atoms with Gasteiger partial charge in [-0.15, -0.1) is 0 Å². The Labute approximate surface area is 117 Å². The molecule has 2 aromatic carbocycles. The third-order valence-electron chi connectivity index (χ3n) is 3.45. The van der Waals surface area contributed by atoms with Gasteiger partial charge >= 0.3 is 6.03 Å². The molecule has 1 aliphatic heterocycles. The number of rotatable bonds is 1. The number of phenols is 1. The van der Waals surface area contributed by atoms with Crippen LogP contribution >= 0.6 is 0 Å². The summed E-state index contributed by atoms with van der Waals surface area (Å²) in [5.74, 6) is 0.141. The van der Waals surface area contributed by atoms with Crippen LogP contribution in [0, 0.1) is 0 Å². The lowest BCUT2D eigenvalue weighted by Crippen LogP contribution is -2.38. The van der Waals surface area contributed by atoms with Gasteiger partial charge in [-0.2, -0.15) is 0 Å². The maximum atomic E-state index is 12.4. The predicted octanol–water partition coefficient (Wildman–Crippen LogP) is 3.38. The fraction of sp³-hybridized carbons (Fsp3) is 0.188. The molecule has 0 atom stereocenters. The minimum Gasteiger partial charge on any atom is -0.508 e. The summed E-state index contributed by atoms with van der Waals surface area (Å²) in [5, 5.41) is 12.2. The molecular weight excluding hydrogens is 252 g/mol. The van der Waals surface area contributed by atoms with E-state index in [0.29, 0.717) is 12.2 Å². The number of benzene rings is 2. The van der Waals surface area contributed by atoms with Crippen molar-refractivity contribution < 1.29 is 9.90 Å². The number of nitrogens with one attached hydrogen (secondary N) is 1. The van der Waals surface area contributed by atoms with Crippen molar-refractivity contribution in [1.29, 1.82) is 0 Å². The number of nitrogens with zero attached hydrogens (tertiary/aromatic N) is 1. The van der Waals surface area contributed by atoms with Crippen molar-refractivity contribution in [2.75, 3.05) is 16.8 Å². The van der Waals surface area contributed by atoms with Crippen molar-refractivity contribution in [2.45, 2.75) is 12.8 Å². The zero-order valence-corrected chi connectivity index (χ0v) is 11.0.